The summed E-state index contributed by atoms with van der Waals surface area (Å²) in [7, 11) is 0. The molecule has 1 aliphatic carbocycles. The maximum atomic E-state index is 9.55. The molecule has 94 valence electrons. The Labute approximate surface area is 101 Å². The van der Waals surface area contributed by atoms with Gasteiger partial charge in [-0.05, 0) is 43.4 Å². The SMILES string of the molecule is NCC1(c2ccc(O)c(O)c2)CCC(O)CC1. The molecule has 17 heavy (non-hydrogen) atoms. The molecule has 0 aliphatic heterocycles. The summed E-state index contributed by atoms with van der Waals surface area (Å²) in [5.74, 6) is -0.224. The molecule has 0 spiro atoms. The number of phenolic OH excluding ortho intramolecular Hbond substituents is 2. The van der Waals surface area contributed by atoms with Crippen molar-refractivity contribution in [3.05, 3.63) is 23.8 Å². The molecular formula is C13H19NO3. The summed E-state index contributed by atoms with van der Waals surface area (Å²) in [4.78, 5) is 0. The van der Waals surface area contributed by atoms with Crippen molar-refractivity contribution < 1.29 is 15.3 Å². The van der Waals surface area contributed by atoms with E-state index in [1.807, 2.05) is 0 Å². The molecule has 1 aromatic rings. The lowest BCUT2D eigenvalue weighted by Crippen LogP contribution is -2.40. The van der Waals surface area contributed by atoms with Gasteiger partial charge in [0.25, 0.3) is 0 Å². The minimum atomic E-state index is -0.236. The Morgan fingerprint density at radius 2 is 1.82 bits per heavy atom. The molecular weight excluding hydrogens is 218 g/mol. The van der Waals surface area contributed by atoms with E-state index in [0.29, 0.717) is 6.54 Å². The lowest BCUT2D eigenvalue weighted by Gasteiger charge is -2.38. The van der Waals surface area contributed by atoms with Gasteiger partial charge in [0.1, 0.15) is 0 Å². The molecule has 2 rings (SSSR count). The second kappa shape index (κ2) is 4.55. The second-order valence-electron chi connectivity index (χ2n) is 4.92. The van der Waals surface area contributed by atoms with E-state index in [2.05, 4.69) is 0 Å². The predicted octanol–water partition coefficient (Wildman–Crippen LogP) is 1.23. The van der Waals surface area contributed by atoms with Crippen molar-refractivity contribution in [1.82, 2.24) is 0 Å². The van der Waals surface area contributed by atoms with Crippen molar-refractivity contribution in [2.75, 3.05) is 6.54 Å². The molecule has 4 nitrogen and oxygen atoms in total. The van der Waals surface area contributed by atoms with Crippen LogP contribution in [0.2, 0.25) is 0 Å². The monoisotopic (exact) mass is 237 g/mol. The van der Waals surface area contributed by atoms with Crippen LogP contribution in [0.25, 0.3) is 0 Å². The normalized spacial score (nSPS) is 29.2. The van der Waals surface area contributed by atoms with Crippen LogP contribution in [0, 0.1) is 0 Å². The first kappa shape index (κ1) is 12.2. The average molecular weight is 237 g/mol. The maximum Gasteiger partial charge on any atom is 0.157 e. The third-order valence-corrected chi connectivity index (χ3v) is 3.89. The molecule has 0 radical (unpaired) electrons. The van der Waals surface area contributed by atoms with Gasteiger partial charge in [0.15, 0.2) is 11.5 Å². The quantitative estimate of drug-likeness (QED) is 0.583. The molecule has 1 aromatic carbocycles. The van der Waals surface area contributed by atoms with Gasteiger partial charge < -0.3 is 21.1 Å². The number of phenols is 2. The Bertz CT molecular complexity index is 398. The number of aliphatic hydroxyl groups excluding tert-OH is 1. The Balaban J connectivity index is 2.31. The summed E-state index contributed by atoms with van der Waals surface area (Å²) in [5.41, 5.74) is 6.65. The van der Waals surface area contributed by atoms with Crippen LogP contribution in [0.5, 0.6) is 11.5 Å². The van der Waals surface area contributed by atoms with E-state index in [1.54, 1.807) is 12.1 Å². The third-order valence-electron chi connectivity index (χ3n) is 3.89. The van der Waals surface area contributed by atoms with E-state index < -0.39 is 0 Å². The van der Waals surface area contributed by atoms with Crippen molar-refractivity contribution in [3.8, 4) is 11.5 Å². The molecule has 0 amide bonds. The van der Waals surface area contributed by atoms with Crippen molar-refractivity contribution in [2.45, 2.75) is 37.2 Å². The summed E-state index contributed by atoms with van der Waals surface area (Å²) in [6.45, 7) is 0.490. The van der Waals surface area contributed by atoms with Crippen molar-refractivity contribution in [1.29, 1.82) is 0 Å². The van der Waals surface area contributed by atoms with Crippen LogP contribution in [-0.2, 0) is 5.41 Å². The number of hydrogen-bond acceptors (Lipinski definition) is 4. The summed E-state index contributed by atoms with van der Waals surface area (Å²) in [6.07, 6.45) is 2.86. The zero-order valence-electron chi connectivity index (χ0n) is 9.76. The molecule has 4 heteroatoms. The van der Waals surface area contributed by atoms with E-state index in [0.717, 1.165) is 31.2 Å². The highest BCUT2D eigenvalue weighted by molar-refractivity contribution is 5.43. The second-order valence-corrected chi connectivity index (χ2v) is 4.92. The van der Waals surface area contributed by atoms with E-state index in [-0.39, 0.29) is 23.0 Å². The molecule has 1 saturated carbocycles. The van der Waals surface area contributed by atoms with Gasteiger partial charge >= 0.3 is 0 Å². The highest BCUT2D eigenvalue weighted by atomic mass is 16.3. The molecule has 0 bridgehead atoms. The summed E-state index contributed by atoms with van der Waals surface area (Å²) < 4.78 is 0. The van der Waals surface area contributed by atoms with E-state index >= 15 is 0 Å². The van der Waals surface area contributed by atoms with E-state index in [4.69, 9.17) is 5.73 Å². The fourth-order valence-electron chi connectivity index (χ4n) is 2.62. The van der Waals surface area contributed by atoms with Gasteiger partial charge in [-0.3, -0.25) is 0 Å². The Kier molecular flexibility index (Phi) is 3.26. The minimum absolute atomic E-state index is 0.110. The number of aliphatic hydroxyl groups is 1. The topological polar surface area (TPSA) is 86.7 Å². The molecule has 0 atom stereocenters. The van der Waals surface area contributed by atoms with Gasteiger partial charge in [0.2, 0.25) is 0 Å². The van der Waals surface area contributed by atoms with Gasteiger partial charge in [0.05, 0.1) is 6.10 Å². The highest BCUT2D eigenvalue weighted by Gasteiger charge is 2.35. The molecule has 0 saturated heterocycles. The zero-order valence-corrected chi connectivity index (χ0v) is 9.76. The maximum absolute atomic E-state index is 9.55. The fraction of sp³-hybridized carbons (Fsp3) is 0.538. The Morgan fingerprint density at radius 1 is 1.18 bits per heavy atom. The Morgan fingerprint density at radius 3 is 2.35 bits per heavy atom. The average Bonchev–Trinajstić information content (AvgIpc) is 2.34. The largest absolute Gasteiger partial charge is 0.504 e. The van der Waals surface area contributed by atoms with Gasteiger partial charge in [0, 0.05) is 12.0 Å². The van der Waals surface area contributed by atoms with Crippen LogP contribution >= 0.6 is 0 Å². The molecule has 0 aromatic heterocycles. The van der Waals surface area contributed by atoms with Crippen LogP contribution in [0.3, 0.4) is 0 Å². The lowest BCUT2D eigenvalue weighted by atomic mass is 9.69. The Hall–Kier alpha value is -1.26. The molecule has 1 fully saturated rings. The van der Waals surface area contributed by atoms with Crippen molar-refractivity contribution in [3.63, 3.8) is 0 Å². The van der Waals surface area contributed by atoms with E-state index in [9.17, 15) is 15.3 Å². The third kappa shape index (κ3) is 2.23. The summed E-state index contributed by atoms with van der Waals surface area (Å²) in [5, 5.41) is 28.4. The predicted molar refractivity (Wildman–Crippen MR) is 65.0 cm³/mol. The van der Waals surface area contributed by atoms with Crippen LogP contribution < -0.4 is 5.73 Å². The van der Waals surface area contributed by atoms with E-state index in [1.165, 1.54) is 6.07 Å². The minimum Gasteiger partial charge on any atom is -0.504 e. The highest BCUT2D eigenvalue weighted by Crippen LogP contribution is 2.41. The van der Waals surface area contributed by atoms with Crippen molar-refractivity contribution in [2.24, 2.45) is 5.73 Å². The summed E-state index contributed by atoms with van der Waals surface area (Å²) in [6, 6.07) is 4.88. The van der Waals surface area contributed by atoms with Crippen LogP contribution in [0.4, 0.5) is 0 Å². The van der Waals surface area contributed by atoms with Gasteiger partial charge in [-0.2, -0.15) is 0 Å². The zero-order chi connectivity index (χ0) is 12.5. The number of nitrogens with two attached hydrogens (primary N) is 1. The lowest BCUT2D eigenvalue weighted by molar-refractivity contribution is 0.0974. The van der Waals surface area contributed by atoms with Gasteiger partial charge in [-0.1, -0.05) is 6.07 Å². The first-order chi connectivity index (χ1) is 8.07. The van der Waals surface area contributed by atoms with Crippen LogP contribution in [-0.4, -0.2) is 28.0 Å². The molecule has 5 N–H and O–H groups in total. The van der Waals surface area contributed by atoms with Crippen LogP contribution in [0.1, 0.15) is 31.2 Å². The van der Waals surface area contributed by atoms with Gasteiger partial charge in [-0.15, -0.1) is 0 Å². The number of aromatic hydroxyl groups is 2. The standard InChI is InChI=1S/C13H19NO3/c14-8-13(5-3-10(15)4-6-13)9-1-2-11(16)12(17)7-9/h1-2,7,10,15-17H,3-6,8,14H2. The smallest absolute Gasteiger partial charge is 0.157 e. The molecule has 0 unspecified atom stereocenters. The van der Waals surface area contributed by atoms with Crippen molar-refractivity contribution >= 4 is 0 Å². The first-order valence-corrected chi connectivity index (χ1v) is 5.98. The first-order valence-electron chi connectivity index (χ1n) is 5.98. The molecule has 1 aliphatic rings. The molecule has 0 heterocycles. The number of benzene rings is 1. The van der Waals surface area contributed by atoms with Gasteiger partial charge in [-0.25, -0.2) is 0 Å². The number of hydrogen-bond donors (Lipinski definition) is 4. The fourth-order valence-corrected chi connectivity index (χ4v) is 2.62. The summed E-state index contributed by atoms with van der Waals surface area (Å²) >= 11 is 0. The van der Waals surface area contributed by atoms with Crippen LogP contribution in [0.15, 0.2) is 18.2 Å². The number of rotatable bonds is 2.